The Bertz CT molecular complexity index is 1630. The summed E-state index contributed by atoms with van der Waals surface area (Å²) in [6.07, 6.45) is 1.52. The van der Waals surface area contributed by atoms with Crippen LogP contribution in [0.15, 0.2) is 102 Å². The van der Waals surface area contributed by atoms with Gasteiger partial charge in [0, 0.05) is 40.2 Å². The molecule has 0 saturated heterocycles. The average molecular weight is 577 g/mol. The van der Waals surface area contributed by atoms with E-state index in [-0.39, 0.29) is 17.7 Å². The third-order valence-corrected chi connectivity index (χ3v) is 6.89. The molecule has 2 N–H and O–H groups in total. The largest absolute Gasteiger partial charge is 0.493 e. The number of carbonyl (C=O) groups excluding carboxylic acids is 3. The predicted molar refractivity (Wildman–Crippen MR) is 166 cm³/mol. The lowest BCUT2D eigenvalue weighted by Crippen LogP contribution is -2.32. The summed E-state index contributed by atoms with van der Waals surface area (Å²) in [5.41, 5.74) is 4.26. The van der Waals surface area contributed by atoms with Crippen LogP contribution in [0.2, 0.25) is 0 Å². The molecule has 9 heteroatoms. The molecule has 218 valence electrons. The molecule has 1 heterocycles. The minimum Gasteiger partial charge on any atom is -0.493 e. The topological polar surface area (TPSA) is 109 Å². The van der Waals surface area contributed by atoms with Crippen LogP contribution >= 0.6 is 0 Å². The SMILES string of the molecule is CCOc1cc(C2=NN(C(=O)c3ccc(NC(=O)c4ccc(NC(=O)c5ccccc5)cc4)cc3)CCC2)ccc1OC. The second kappa shape index (κ2) is 13.5. The third-order valence-electron chi connectivity index (χ3n) is 6.89. The standard InChI is InChI=1S/C34H32N4O5/c1-3-43-31-22-26(15-20-30(31)42-2)29-10-7-21-38(37-29)34(41)25-13-18-28(19-14-25)36-33(40)24-11-16-27(17-12-24)35-32(39)23-8-5-4-6-9-23/h4-6,8-9,11-20,22H,3,7,10,21H2,1-2H3,(H,35,39)(H,36,40). The lowest BCUT2D eigenvalue weighted by molar-refractivity contribution is 0.0751. The van der Waals surface area contributed by atoms with Gasteiger partial charge < -0.3 is 20.1 Å². The Labute approximate surface area is 250 Å². The van der Waals surface area contributed by atoms with E-state index in [1.54, 1.807) is 79.9 Å². The Morgan fingerprint density at radius 3 is 1.98 bits per heavy atom. The summed E-state index contributed by atoms with van der Waals surface area (Å²) in [6.45, 7) is 2.93. The average Bonchev–Trinajstić information content (AvgIpc) is 3.05. The fourth-order valence-electron chi connectivity index (χ4n) is 4.66. The maximum absolute atomic E-state index is 13.3. The van der Waals surface area contributed by atoms with Gasteiger partial charge in [0.05, 0.1) is 19.4 Å². The summed E-state index contributed by atoms with van der Waals surface area (Å²) in [4.78, 5) is 38.4. The Morgan fingerprint density at radius 1 is 0.767 bits per heavy atom. The van der Waals surface area contributed by atoms with Gasteiger partial charge in [0.2, 0.25) is 0 Å². The van der Waals surface area contributed by atoms with Crippen LogP contribution < -0.4 is 20.1 Å². The Kier molecular flexibility index (Phi) is 9.11. The van der Waals surface area contributed by atoms with E-state index in [0.29, 0.717) is 52.7 Å². The summed E-state index contributed by atoms with van der Waals surface area (Å²) in [5.74, 6) is 0.525. The van der Waals surface area contributed by atoms with E-state index in [2.05, 4.69) is 15.7 Å². The zero-order chi connectivity index (χ0) is 30.2. The maximum Gasteiger partial charge on any atom is 0.273 e. The molecule has 0 aliphatic carbocycles. The number of hydrogen-bond acceptors (Lipinski definition) is 6. The molecule has 0 saturated carbocycles. The number of benzene rings is 4. The van der Waals surface area contributed by atoms with Gasteiger partial charge in [0.1, 0.15) is 0 Å². The van der Waals surface area contributed by atoms with Crippen molar-refractivity contribution in [2.45, 2.75) is 19.8 Å². The van der Waals surface area contributed by atoms with Crippen LogP contribution in [0.5, 0.6) is 11.5 Å². The van der Waals surface area contributed by atoms with Crippen molar-refractivity contribution in [3.05, 3.63) is 119 Å². The quantitative estimate of drug-likeness (QED) is 0.245. The van der Waals surface area contributed by atoms with Crippen molar-refractivity contribution in [3.8, 4) is 11.5 Å². The summed E-state index contributed by atoms with van der Waals surface area (Å²) >= 11 is 0. The highest BCUT2D eigenvalue weighted by Crippen LogP contribution is 2.30. The van der Waals surface area contributed by atoms with E-state index in [4.69, 9.17) is 9.47 Å². The lowest BCUT2D eigenvalue weighted by Gasteiger charge is -2.24. The second-order valence-electron chi connectivity index (χ2n) is 9.81. The molecule has 1 aliphatic rings. The molecule has 0 unspecified atom stereocenters. The van der Waals surface area contributed by atoms with E-state index in [9.17, 15) is 14.4 Å². The number of carbonyl (C=O) groups is 3. The minimum absolute atomic E-state index is 0.221. The molecular weight excluding hydrogens is 544 g/mol. The molecule has 0 atom stereocenters. The van der Waals surface area contributed by atoms with Crippen molar-refractivity contribution in [1.82, 2.24) is 5.01 Å². The van der Waals surface area contributed by atoms with Gasteiger partial charge in [-0.25, -0.2) is 5.01 Å². The third kappa shape index (κ3) is 7.08. The van der Waals surface area contributed by atoms with Gasteiger partial charge in [-0.2, -0.15) is 5.10 Å². The Balaban J connectivity index is 1.21. The van der Waals surface area contributed by atoms with E-state index in [1.165, 1.54) is 5.01 Å². The van der Waals surface area contributed by atoms with E-state index in [0.717, 1.165) is 24.1 Å². The smallest absolute Gasteiger partial charge is 0.273 e. The van der Waals surface area contributed by atoms with Crippen LogP contribution in [0.3, 0.4) is 0 Å². The number of rotatable bonds is 9. The molecule has 0 radical (unpaired) electrons. The predicted octanol–water partition coefficient (Wildman–Crippen LogP) is 6.24. The number of anilines is 2. The molecule has 0 spiro atoms. The van der Waals surface area contributed by atoms with Crippen molar-refractivity contribution in [1.29, 1.82) is 0 Å². The van der Waals surface area contributed by atoms with Crippen molar-refractivity contribution in [2.75, 3.05) is 30.9 Å². The molecule has 0 aromatic heterocycles. The molecule has 4 aromatic carbocycles. The first-order chi connectivity index (χ1) is 20.9. The van der Waals surface area contributed by atoms with Gasteiger partial charge in [0.25, 0.3) is 17.7 Å². The number of hydrazone groups is 1. The molecular formula is C34H32N4O5. The minimum atomic E-state index is -0.309. The number of methoxy groups -OCH3 is 1. The number of amides is 3. The number of nitrogens with zero attached hydrogens (tertiary/aromatic N) is 2. The van der Waals surface area contributed by atoms with E-state index < -0.39 is 0 Å². The van der Waals surface area contributed by atoms with E-state index in [1.807, 2.05) is 31.2 Å². The number of nitrogens with one attached hydrogen (secondary N) is 2. The molecule has 9 nitrogen and oxygen atoms in total. The van der Waals surface area contributed by atoms with Crippen LogP contribution in [0.1, 0.15) is 56.4 Å². The molecule has 5 rings (SSSR count). The fraction of sp³-hybridized carbons (Fsp3) is 0.176. The van der Waals surface area contributed by atoms with Gasteiger partial charge in [-0.1, -0.05) is 18.2 Å². The van der Waals surface area contributed by atoms with Crippen LogP contribution in [-0.2, 0) is 0 Å². The number of hydrogen-bond donors (Lipinski definition) is 2. The highest BCUT2D eigenvalue weighted by molar-refractivity contribution is 6.07. The molecule has 0 fully saturated rings. The zero-order valence-corrected chi connectivity index (χ0v) is 24.0. The molecule has 43 heavy (non-hydrogen) atoms. The monoisotopic (exact) mass is 576 g/mol. The molecule has 3 amide bonds. The van der Waals surface area contributed by atoms with Crippen LogP contribution in [-0.4, -0.2) is 48.7 Å². The van der Waals surface area contributed by atoms with Crippen molar-refractivity contribution >= 4 is 34.8 Å². The Morgan fingerprint density at radius 2 is 1.37 bits per heavy atom. The summed E-state index contributed by atoms with van der Waals surface area (Å²) in [6, 6.07) is 27.9. The zero-order valence-electron chi connectivity index (χ0n) is 24.0. The van der Waals surface area contributed by atoms with E-state index >= 15 is 0 Å². The fourth-order valence-corrected chi connectivity index (χ4v) is 4.66. The first-order valence-electron chi connectivity index (χ1n) is 14.0. The normalized spacial score (nSPS) is 12.6. The van der Waals surface area contributed by atoms with Crippen LogP contribution in [0.25, 0.3) is 0 Å². The Hall–Kier alpha value is -5.44. The van der Waals surface area contributed by atoms with Gasteiger partial charge in [-0.15, -0.1) is 0 Å². The van der Waals surface area contributed by atoms with Gasteiger partial charge in [-0.3, -0.25) is 14.4 Å². The van der Waals surface area contributed by atoms with Gasteiger partial charge >= 0.3 is 0 Å². The summed E-state index contributed by atoms with van der Waals surface area (Å²) in [7, 11) is 1.60. The first-order valence-corrected chi connectivity index (χ1v) is 14.0. The highest BCUT2D eigenvalue weighted by atomic mass is 16.5. The summed E-state index contributed by atoms with van der Waals surface area (Å²) < 4.78 is 11.1. The maximum atomic E-state index is 13.3. The van der Waals surface area contributed by atoms with Crippen molar-refractivity contribution < 1.29 is 23.9 Å². The first kappa shape index (κ1) is 29.1. The second-order valence-corrected chi connectivity index (χ2v) is 9.81. The number of ether oxygens (including phenoxy) is 2. The van der Waals surface area contributed by atoms with Crippen LogP contribution in [0, 0.1) is 0 Å². The summed E-state index contributed by atoms with van der Waals surface area (Å²) in [5, 5.41) is 11.8. The molecule has 1 aliphatic heterocycles. The highest BCUT2D eigenvalue weighted by Gasteiger charge is 2.22. The van der Waals surface area contributed by atoms with Gasteiger partial charge in [0.15, 0.2) is 11.5 Å². The van der Waals surface area contributed by atoms with Crippen LogP contribution in [0.4, 0.5) is 11.4 Å². The molecule has 0 bridgehead atoms. The van der Waals surface area contributed by atoms with Gasteiger partial charge in [-0.05, 0) is 98.6 Å². The molecule has 4 aromatic rings. The lowest BCUT2D eigenvalue weighted by atomic mass is 10.0. The van der Waals surface area contributed by atoms with Crippen molar-refractivity contribution in [3.63, 3.8) is 0 Å². The van der Waals surface area contributed by atoms with Crippen molar-refractivity contribution in [2.24, 2.45) is 5.10 Å².